The van der Waals surface area contributed by atoms with E-state index in [0.29, 0.717) is 11.6 Å². The van der Waals surface area contributed by atoms with Crippen molar-refractivity contribution in [1.29, 1.82) is 0 Å². The van der Waals surface area contributed by atoms with Crippen LogP contribution in [0, 0.1) is 0 Å². The number of aromatic nitrogens is 2. The van der Waals surface area contributed by atoms with Gasteiger partial charge in [0.2, 0.25) is 0 Å². The fraction of sp³-hybridized carbons (Fsp3) is 0.545. The van der Waals surface area contributed by atoms with Gasteiger partial charge in [-0.3, -0.25) is 4.79 Å². The molecule has 1 aromatic rings. The highest BCUT2D eigenvalue weighted by atomic mass is 35.5. The molecule has 5 nitrogen and oxygen atoms in total. The van der Waals surface area contributed by atoms with E-state index in [1.165, 1.54) is 18.0 Å². The molecule has 1 rings (SSSR count). The summed E-state index contributed by atoms with van der Waals surface area (Å²) in [7, 11) is 0. The lowest BCUT2D eigenvalue weighted by Gasteiger charge is -2.21. The topological polar surface area (TPSA) is 75.1 Å². The van der Waals surface area contributed by atoms with Gasteiger partial charge < -0.3 is 10.4 Å². The van der Waals surface area contributed by atoms with Crippen molar-refractivity contribution in [2.24, 2.45) is 0 Å². The standard InChI is InChI=1S/C11H16ClN3O2S/c1-4-11(2,17)6-14-9(16)8-7(12)5-13-10(15-8)18-3/h5,17H,4,6H2,1-3H3,(H,14,16). The predicted molar refractivity (Wildman–Crippen MR) is 72.1 cm³/mol. The zero-order valence-electron chi connectivity index (χ0n) is 10.5. The number of hydrogen-bond acceptors (Lipinski definition) is 5. The number of halogens is 1. The second-order valence-electron chi connectivity index (χ2n) is 4.09. The quantitative estimate of drug-likeness (QED) is 0.638. The number of amides is 1. The summed E-state index contributed by atoms with van der Waals surface area (Å²) in [6.45, 7) is 3.65. The number of rotatable bonds is 5. The summed E-state index contributed by atoms with van der Waals surface area (Å²) in [6, 6.07) is 0. The third kappa shape index (κ3) is 4.12. The fourth-order valence-corrected chi connectivity index (χ4v) is 1.61. The molecule has 1 aromatic heterocycles. The minimum absolute atomic E-state index is 0.128. The second-order valence-corrected chi connectivity index (χ2v) is 5.27. The maximum absolute atomic E-state index is 11.9. The van der Waals surface area contributed by atoms with Gasteiger partial charge in [-0.2, -0.15) is 0 Å². The Bertz CT molecular complexity index is 440. The van der Waals surface area contributed by atoms with Gasteiger partial charge in [0.25, 0.3) is 5.91 Å². The van der Waals surface area contributed by atoms with Crippen molar-refractivity contribution in [3.05, 3.63) is 16.9 Å². The zero-order chi connectivity index (χ0) is 13.8. The first-order valence-electron chi connectivity index (χ1n) is 5.46. The zero-order valence-corrected chi connectivity index (χ0v) is 12.1. The van der Waals surface area contributed by atoms with Crippen LogP contribution in [0.2, 0.25) is 5.02 Å². The van der Waals surface area contributed by atoms with E-state index >= 15 is 0 Å². The minimum atomic E-state index is -0.933. The van der Waals surface area contributed by atoms with E-state index in [2.05, 4.69) is 15.3 Å². The Morgan fingerprint density at radius 2 is 2.33 bits per heavy atom. The molecule has 0 saturated heterocycles. The van der Waals surface area contributed by atoms with Gasteiger partial charge in [0, 0.05) is 6.54 Å². The predicted octanol–water partition coefficient (Wildman–Crippen LogP) is 1.74. The number of aliphatic hydroxyl groups is 1. The Labute approximate surface area is 115 Å². The second kappa shape index (κ2) is 6.36. The molecule has 100 valence electrons. The van der Waals surface area contributed by atoms with Gasteiger partial charge in [-0.1, -0.05) is 30.3 Å². The lowest BCUT2D eigenvalue weighted by molar-refractivity contribution is 0.0517. The van der Waals surface area contributed by atoms with Crippen molar-refractivity contribution in [3.63, 3.8) is 0 Å². The van der Waals surface area contributed by atoms with Crippen LogP contribution in [0.25, 0.3) is 0 Å². The molecule has 2 N–H and O–H groups in total. The van der Waals surface area contributed by atoms with Crippen LogP contribution in [0.3, 0.4) is 0 Å². The Balaban J connectivity index is 2.78. The molecule has 0 aliphatic carbocycles. The van der Waals surface area contributed by atoms with Crippen LogP contribution in [0.1, 0.15) is 30.8 Å². The lowest BCUT2D eigenvalue weighted by Crippen LogP contribution is -2.40. The van der Waals surface area contributed by atoms with Crippen LogP contribution >= 0.6 is 23.4 Å². The van der Waals surface area contributed by atoms with Crippen molar-refractivity contribution in [3.8, 4) is 0 Å². The van der Waals surface area contributed by atoms with Crippen molar-refractivity contribution < 1.29 is 9.90 Å². The molecule has 0 aromatic carbocycles. The monoisotopic (exact) mass is 289 g/mol. The van der Waals surface area contributed by atoms with Gasteiger partial charge in [-0.15, -0.1) is 0 Å². The molecular formula is C11H16ClN3O2S. The number of carbonyl (C=O) groups is 1. The number of hydrogen-bond donors (Lipinski definition) is 2. The molecule has 7 heteroatoms. The molecule has 0 bridgehead atoms. The third-order valence-electron chi connectivity index (χ3n) is 2.51. The summed E-state index contributed by atoms with van der Waals surface area (Å²) < 4.78 is 0. The normalized spacial score (nSPS) is 14.1. The number of thioether (sulfide) groups is 1. The van der Waals surface area contributed by atoms with Crippen molar-refractivity contribution in [2.75, 3.05) is 12.8 Å². The molecule has 0 saturated carbocycles. The third-order valence-corrected chi connectivity index (χ3v) is 3.35. The largest absolute Gasteiger partial charge is 0.388 e. The van der Waals surface area contributed by atoms with E-state index < -0.39 is 11.5 Å². The van der Waals surface area contributed by atoms with Gasteiger partial charge >= 0.3 is 0 Å². The number of carbonyl (C=O) groups excluding carboxylic acids is 1. The Kier molecular flexibility index (Phi) is 5.37. The minimum Gasteiger partial charge on any atom is -0.388 e. The molecule has 1 heterocycles. The average Bonchev–Trinajstić information content (AvgIpc) is 2.36. The van der Waals surface area contributed by atoms with Gasteiger partial charge in [0.05, 0.1) is 16.8 Å². The summed E-state index contributed by atoms with van der Waals surface area (Å²) >= 11 is 7.20. The summed E-state index contributed by atoms with van der Waals surface area (Å²) in [5.74, 6) is -0.411. The number of nitrogens with zero attached hydrogens (tertiary/aromatic N) is 2. The van der Waals surface area contributed by atoms with E-state index in [0.717, 1.165) is 0 Å². The summed E-state index contributed by atoms with van der Waals surface area (Å²) in [5.41, 5.74) is -0.805. The molecule has 1 unspecified atom stereocenters. The molecule has 0 aliphatic rings. The summed E-state index contributed by atoms with van der Waals surface area (Å²) in [6.07, 6.45) is 3.75. The van der Waals surface area contributed by atoms with Gasteiger partial charge in [-0.25, -0.2) is 9.97 Å². The first-order chi connectivity index (χ1) is 8.39. The van der Waals surface area contributed by atoms with Gasteiger partial charge in [0.1, 0.15) is 0 Å². The highest BCUT2D eigenvalue weighted by Gasteiger charge is 2.20. The van der Waals surface area contributed by atoms with Gasteiger partial charge in [-0.05, 0) is 19.6 Å². The van der Waals surface area contributed by atoms with E-state index in [4.69, 9.17) is 11.6 Å². The number of nitrogens with one attached hydrogen (secondary N) is 1. The first kappa shape index (κ1) is 15.2. The van der Waals surface area contributed by atoms with E-state index in [9.17, 15) is 9.90 Å². The highest BCUT2D eigenvalue weighted by molar-refractivity contribution is 7.98. The lowest BCUT2D eigenvalue weighted by atomic mass is 10.0. The van der Waals surface area contributed by atoms with Gasteiger partial charge in [0.15, 0.2) is 10.9 Å². The molecule has 0 spiro atoms. The Morgan fingerprint density at radius 1 is 1.67 bits per heavy atom. The molecule has 0 radical (unpaired) electrons. The van der Waals surface area contributed by atoms with Crippen molar-refractivity contribution in [2.45, 2.75) is 31.0 Å². The molecule has 18 heavy (non-hydrogen) atoms. The molecule has 1 amide bonds. The highest BCUT2D eigenvalue weighted by Crippen LogP contribution is 2.16. The smallest absolute Gasteiger partial charge is 0.271 e. The maximum atomic E-state index is 11.9. The summed E-state index contributed by atoms with van der Waals surface area (Å²) in [4.78, 5) is 19.9. The molecule has 0 aliphatic heterocycles. The van der Waals surface area contributed by atoms with Crippen LogP contribution in [0.5, 0.6) is 0 Å². The van der Waals surface area contributed by atoms with E-state index in [1.54, 1.807) is 6.92 Å². The van der Waals surface area contributed by atoms with Crippen LogP contribution < -0.4 is 5.32 Å². The summed E-state index contributed by atoms with van der Waals surface area (Å²) in [5, 5.41) is 13.1. The SMILES string of the molecule is CCC(C)(O)CNC(=O)c1nc(SC)ncc1Cl. The van der Waals surface area contributed by atoms with Crippen LogP contribution in [0.15, 0.2) is 11.4 Å². The first-order valence-corrected chi connectivity index (χ1v) is 7.07. The van der Waals surface area contributed by atoms with Crippen LogP contribution in [-0.2, 0) is 0 Å². The van der Waals surface area contributed by atoms with E-state index in [-0.39, 0.29) is 17.3 Å². The van der Waals surface area contributed by atoms with Crippen LogP contribution in [-0.4, -0.2) is 39.4 Å². The van der Waals surface area contributed by atoms with E-state index in [1.807, 2.05) is 13.2 Å². The van der Waals surface area contributed by atoms with Crippen molar-refractivity contribution in [1.82, 2.24) is 15.3 Å². The molecule has 1 atom stereocenters. The maximum Gasteiger partial charge on any atom is 0.271 e. The molecule has 0 fully saturated rings. The fourth-order valence-electron chi connectivity index (χ4n) is 1.09. The average molecular weight is 290 g/mol. The molecular weight excluding hydrogens is 274 g/mol. The van der Waals surface area contributed by atoms with Crippen LogP contribution in [0.4, 0.5) is 0 Å². The Hall–Kier alpha value is -0.850. The Morgan fingerprint density at radius 3 is 2.89 bits per heavy atom. The van der Waals surface area contributed by atoms with Crippen molar-refractivity contribution >= 4 is 29.3 Å².